The van der Waals surface area contributed by atoms with Gasteiger partial charge in [0.25, 0.3) is 5.82 Å². The minimum absolute atomic E-state index is 0.0379. The summed E-state index contributed by atoms with van der Waals surface area (Å²) in [5.41, 5.74) is 0. The molecule has 1 saturated carbocycles. The molecule has 1 aromatic heterocycles. The molecule has 1 heterocycles. The van der Waals surface area contributed by atoms with Crippen molar-refractivity contribution in [1.82, 2.24) is 10.1 Å². The van der Waals surface area contributed by atoms with E-state index in [1.54, 1.807) is 6.92 Å². The van der Waals surface area contributed by atoms with Crippen LogP contribution < -0.4 is 0 Å². The van der Waals surface area contributed by atoms with Gasteiger partial charge in [0.1, 0.15) is 0 Å². The van der Waals surface area contributed by atoms with E-state index in [1.165, 1.54) is 12.8 Å². The lowest BCUT2D eigenvalue weighted by atomic mass is 9.98. The smallest absolute Gasteiger partial charge is 0.379 e. The molecule has 0 amide bonds. The Kier molecular flexibility index (Phi) is 3.22. The van der Waals surface area contributed by atoms with Crippen LogP contribution in [0.15, 0.2) is 4.52 Å². The lowest BCUT2D eigenvalue weighted by Gasteiger charge is -2.08. The topological polar surface area (TPSA) is 65.2 Å². The van der Waals surface area contributed by atoms with Crippen molar-refractivity contribution < 1.29 is 14.1 Å². The number of carbonyl (C=O) groups excluding carboxylic acids is 1. The quantitative estimate of drug-likeness (QED) is 0.736. The van der Waals surface area contributed by atoms with E-state index in [0.29, 0.717) is 24.3 Å². The Labute approximate surface area is 94.2 Å². The maximum atomic E-state index is 11.3. The summed E-state index contributed by atoms with van der Waals surface area (Å²) < 4.78 is 9.93. The van der Waals surface area contributed by atoms with Crippen LogP contribution in [0.4, 0.5) is 0 Å². The largest absolute Gasteiger partial charge is 0.460 e. The van der Waals surface area contributed by atoms with Crippen LogP contribution in [0.5, 0.6) is 0 Å². The molecule has 0 aliphatic heterocycles. The Hall–Kier alpha value is -1.39. The van der Waals surface area contributed by atoms with Crippen LogP contribution in [0.2, 0.25) is 0 Å². The Morgan fingerprint density at radius 1 is 1.56 bits per heavy atom. The standard InChI is InChI=1S/C11H16N2O3/c1-3-15-11(14)9-12-10(16-13-9)8-6-4-5-7(8)2/h7-8H,3-6H2,1-2H3. The highest BCUT2D eigenvalue weighted by molar-refractivity contribution is 5.84. The van der Waals surface area contributed by atoms with Gasteiger partial charge in [-0.05, 0) is 30.8 Å². The Morgan fingerprint density at radius 3 is 3.00 bits per heavy atom. The first kappa shape index (κ1) is 11.1. The fourth-order valence-electron chi connectivity index (χ4n) is 2.18. The van der Waals surface area contributed by atoms with Crippen molar-refractivity contribution in [3.05, 3.63) is 11.7 Å². The molecule has 1 aliphatic carbocycles. The molecule has 2 rings (SSSR count). The summed E-state index contributed by atoms with van der Waals surface area (Å²) >= 11 is 0. The van der Waals surface area contributed by atoms with Crippen LogP contribution in [0, 0.1) is 5.92 Å². The highest BCUT2D eigenvalue weighted by atomic mass is 16.5. The molecule has 2 atom stereocenters. The van der Waals surface area contributed by atoms with E-state index in [4.69, 9.17) is 9.26 Å². The molecule has 5 heteroatoms. The lowest BCUT2D eigenvalue weighted by molar-refractivity contribution is 0.0508. The van der Waals surface area contributed by atoms with Crippen molar-refractivity contribution in [1.29, 1.82) is 0 Å². The molecular weight excluding hydrogens is 208 g/mol. The molecule has 2 unspecified atom stereocenters. The zero-order valence-electron chi connectivity index (χ0n) is 9.60. The van der Waals surface area contributed by atoms with E-state index in [2.05, 4.69) is 17.1 Å². The summed E-state index contributed by atoms with van der Waals surface area (Å²) in [4.78, 5) is 15.5. The van der Waals surface area contributed by atoms with Gasteiger partial charge in [0, 0.05) is 5.92 Å². The molecular formula is C11H16N2O3. The van der Waals surface area contributed by atoms with Gasteiger partial charge in [-0.15, -0.1) is 0 Å². The number of carbonyl (C=O) groups is 1. The zero-order valence-corrected chi connectivity index (χ0v) is 9.60. The normalized spacial score (nSPS) is 24.6. The van der Waals surface area contributed by atoms with Gasteiger partial charge in [0.2, 0.25) is 5.89 Å². The molecule has 0 saturated heterocycles. The van der Waals surface area contributed by atoms with Gasteiger partial charge in [-0.3, -0.25) is 0 Å². The van der Waals surface area contributed by atoms with Crippen LogP contribution in [-0.4, -0.2) is 22.7 Å². The lowest BCUT2D eigenvalue weighted by Crippen LogP contribution is -2.08. The van der Waals surface area contributed by atoms with Crippen LogP contribution in [0.25, 0.3) is 0 Å². The predicted molar refractivity (Wildman–Crippen MR) is 56.0 cm³/mol. The number of rotatable bonds is 3. The fourth-order valence-corrected chi connectivity index (χ4v) is 2.18. The van der Waals surface area contributed by atoms with Crippen molar-refractivity contribution in [2.45, 2.75) is 39.0 Å². The molecule has 0 radical (unpaired) electrons. The van der Waals surface area contributed by atoms with Gasteiger partial charge in [-0.1, -0.05) is 13.3 Å². The first-order valence-electron chi connectivity index (χ1n) is 5.73. The average Bonchev–Trinajstić information content (AvgIpc) is 2.86. The van der Waals surface area contributed by atoms with Crippen molar-refractivity contribution >= 4 is 5.97 Å². The fraction of sp³-hybridized carbons (Fsp3) is 0.727. The molecule has 0 bridgehead atoms. The van der Waals surface area contributed by atoms with E-state index < -0.39 is 5.97 Å². The summed E-state index contributed by atoms with van der Waals surface area (Å²) in [6.07, 6.45) is 3.43. The molecule has 1 fully saturated rings. The number of nitrogens with zero attached hydrogens (tertiary/aromatic N) is 2. The third kappa shape index (κ3) is 2.08. The number of hydrogen-bond acceptors (Lipinski definition) is 5. The van der Waals surface area contributed by atoms with Crippen molar-refractivity contribution in [2.75, 3.05) is 6.61 Å². The van der Waals surface area contributed by atoms with Gasteiger partial charge < -0.3 is 9.26 Å². The highest BCUT2D eigenvalue weighted by Crippen LogP contribution is 2.38. The average molecular weight is 224 g/mol. The van der Waals surface area contributed by atoms with E-state index in [9.17, 15) is 4.79 Å². The Morgan fingerprint density at radius 2 is 2.38 bits per heavy atom. The van der Waals surface area contributed by atoms with Crippen molar-refractivity contribution in [3.8, 4) is 0 Å². The third-order valence-corrected chi connectivity index (χ3v) is 3.08. The highest BCUT2D eigenvalue weighted by Gasteiger charge is 2.30. The number of hydrogen-bond donors (Lipinski definition) is 0. The minimum atomic E-state index is -0.511. The molecule has 16 heavy (non-hydrogen) atoms. The molecule has 5 nitrogen and oxygen atoms in total. The number of aromatic nitrogens is 2. The Balaban J connectivity index is 2.10. The summed E-state index contributed by atoms with van der Waals surface area (Å²) in [6, 6.07) is 0. The Bertz CT molecular complexity index is 375. The number of ether oxygens (including phenoxy) is 1. The molecule has 88 valence electrons. The van der Waals surface area contributed by atoms with Crippen LogP contribution in [0.3, 0.4) is 0 Å². The summed E-state index contributed by atoms with van der Waals surface area (Å²) in [7, 11) is 0. The first-order valence-corrected chi connectivity index (χ1v) is 5.73. The number of esters is 1. The minimum Gasteiger partial charge on any atom is -0.460 e. The van der Waals surface area contributed by atoms with Gasteiger partial charge in [-0.25, -0.2) is 4.79 Å². The van der Waals surface area contributed by atoms with Crippen LogP contribution in [0.1, 0.15) is 55.5 Å². The van der Waals surface area contributed by atoms with E-state index in [1.807, 2.05) is 0 Å². The van der Waals surface area contributed by atoms with Crippen LogP contribution >= 0.6 is 0 Å². The summed E-state index contributed by atoms with van der Waals surface area (Å²) in [5, 5.41) is 3.65. The van der Waals surface area contributed by atoms with E-state index >= 15 is 0 Å². The second-order valence-electron chi connectivity index (χ2n) is 4.19. The van der Waals surface area contributed by atoms with Gasteiger partial charge in [-0.2, -0.15) is 4.98 Å². The van der Waals surface area contributed by atoms with Crippen LogP contribution in [-0.2, 0) is 4.74 Å². The molecule has 0 aromatic carbocycles. The molecule has 1 aromatic rings. The maximum Gasteiger partial charge on any atom is 0.379 e. The summed E-state index contributed by atoms with van der Waals surface area (Å²) in [6.45, 7) is 4.24. The molecule has 1 aliphatic rings. The van der Waals surface area contributed by atoms with Gasteiger partial charge >= 0.3 is 5.97 Å². The second-order valence-corrected chi connectivity index (χ2v) is 4.19. The maximum absolute atomic E-state index is 11.3. The second kappa shape index (κ2) is 4.63. The first-order chi connectivity index (χ1) is 7.72. The third-order valence-electron chi connectivity index (χ3n) is 3.08. The van der Waals surface area contributed by atoms with Gasteiger partial charge in [0.15, 0.2) is 0 Å². The monoisotopic (exact) mass is 224 g/mol. The summed E-state index contributed by atoms with van der Waals surface area (Å²) in [5.74, 6) is 0.957. The van der Waals surface area contributed by atoms with Crippen molar-refractivity contribution in [2.24, 2.45) is 5.92 Å². The van der Waals surface area contributed by atoms with Crippen molar-refractivity contribution in [3.63, 3.8) is 0 Å². The van der Waals surface area contributed by atoms with E-state index in [-0.39, 0.29) is 5.82 Å². The molecule has 0 spiro atoms. The van der Waals surface area contributed by atoms with Gasteiger partial charge in [0.05, 0.1) is 6.61 Å². The van der Waals surface area contributed by atoms with E-state index in [0.717, 1.165) is 6.42 Å². The SMILES string of the molecule is CCOC(=O)c1noc(C2CCCC2C)n1. The molecule has 0 N–H and O–H groups in total. The predicted octanol–water partition coefficient (Wildman–Crippen LogP) is 2.15. The zero-order chi connectivity index (χ0) is 11.5.